The molecule has 0 amide bonds. The van der Waals surface area contributed by atoms with Crippen molar-refractivity contribution in [2.45, 2.75) is 0 Å². The van der Waals surface area contributed by atoms with Crippen molar-refractivity contribution in [2.24, 2.45) is 0 Å². The first kappa shape index (κ1) is 12.3. The van der Waals surface area contributed by atoms with Gasteiger partial charge in [-0.3, -0.25) is 9.59 Å². The Morgan fingerprint density at radius 3 is 2.25 bits per heavy atom. The molecule has 0 heterocycles. The Bertz CT molecular complexity index is 798. The fraction of sp³-hybridized carbons (Fsp3) is 0. The van der Waals surface area contributed by atoms with Crippen LogP contribution in [-0.2, 0) is 0 Å². The third kappa shape index (κ3) is 2.01. The monoisotopic (exact) mass is 260 g/mol. The summed E-state index contributed by atoms with van der Waals surface area (Å²) in [6, 6.07) is 20.2. The summed E-state index contributed by atoms with van der Waals surface area (Å²) in [6.45, 7) is 0. The molecule has 3 aromatic rings. The average Bonchev–Trinajstić information content (AvgIpc) is 2.53. The molecule has 0 saturated carbocycles. The lowest BCUT2D eigenvalue weighted by Crippen LogP contribution is -2.05. The zero-order valence-electron chi connectivity index (χ0n) is 10.7. The van der Waals surface area contributed by atoms with Crippen LogP contribution in [-0.4, -0.2) is 12.1 Å². The topological polar surface area (TPSA) is 34.1 Å². The summed E-state index contributed by atoms with van der Waals surface area (Å²) < 4.78 is 0. The van der Waals surface area contributed by atoms with Crippen molar-refractivity contribution in [3.05, 3.63) is 83.4 Å². The Hall–Kier alpha value is -2.74. The Morgan fingerprint density at radius 1 is 0.750 bits per heavy atom. The fourth-order valence-corrected chi connectivity index (χ4v) is 2.38. The lowest BCUT2D eigenvalue weighted by atomic mass is 9.95. The van der Waals surface area contributed by atoms with Gasteiger partial charge in [0.1, 0.15) is 0 Å². The second kappa shape index (κ2) is 5.10. The Labute approximate surface area is 116 Å². The standard InChI is InChI=1S/C18H12O2/c19-12-14-7-2-4-10-16(14)18(20)17-11-5-8-13-6-1-3-9-15(13)17/h1-12H. The highest BCUT2D eigenvalue weighted by atomic mass is 16.1. The number of ketones is 1. The van der Waals surface area contributed by atoms with Gasteiger partial charge in [-0.2, -0.15) is 0 Å². The maximum atomic E-state index is 12.7. The van der Waals surface area contributed by atoms with E-state index in [9.17, 15) is 9.59 Å². The summed E-state index contributed by atoms with van der Waals surface area (Å²) in [7, 11) is 0. The molecule has 2 heteroatoms. The predicted molar refractivity (Wildman–Crippen MR) is 79.2 cm³/mol. The molecular weight excluding hydrogens is 248 g/mol. The van der Waals surface area contributed by atoms with Crippen molar-refractivity contribution < 1.29 is 9.59 Å². The van der Waals surface area contributed by atoms with E-state index in [-0.39, 0.29) is 5.78 Å². The van der Waals surface area contributed by atoms with Gasteiger partial charge in [0.25, 0.3) is 0 Å². The molecule has 0 radical (unpaired) electrons. The molecule has 0 aliphatic carbocycles. The van der Waals surface area contributed by atoms with Gasteiger partial charge in [0, 0.05) is 16.7 Å². The molecule has 0 aromatic heterocycles. The number of hydrogen-bond acceptors (Lipinski definition) is 2. The van der Waals surface area contributed by atoms with Gasteiger partial charge in [0.05, 0.1) is 0 Å². The van der Waals surface area contributed by atoms with Crippen molar-refractivity contribution in [1.82, 2.24) is 0 Å². The van der Waals surface area contributed by atoms with Crippen LogP contribution in [0.1, 0.15) is 26.3 Å². The molecule has 0 N–H and O–H groups in total. The molecule has 0 spiro atoms. The minimum atomic E-state index is -0.121. The number of hydrogen-bond donors (Lipinski definition) is 0. The summed E-state index contributed by atoms with van der Waals surface area (Å²) in [4.78, 5) is 23.8. The molecule has 20 heavy (non-hydrogen) atoms. The van der Waals surface area contributed by atoms with E-state index < -0.39 is 0 Å². The molecule has 2 nitrogen and oxygen atoms in total. The van der Waals surface area contributed by atoms with Crippen LogP contribution in [0.5, 0.6) is 0 Å². The quantitative estimate of drug-likeness (QED) is 0.529. The van der Waals surface area contributed by atoms with Gasteiger partial charge < -0.3 is 0 Å². The first-order chi connectivity index (χ1) is 9.81. The highest BCUT2D eigenvalue weighted by Gasteiger charge is 2.15. The molecule has 0 aliphatic heterocycles. The van der Waals surface area contributed by atoms with Gasteiger partial charge >= 0.3 is 0 Å². The fourth-order valence-electron chi connectivity index (χ4n) is 2.38. The molecule has 0 atom stereocenters. The van der Waals surface area contributed by atoms with E-state index in [1.54, 1.807) is 30.3 Å². The van der Waals surface area contributed by atoms with Crippen molar-refractivity contribution in [1.29, 1.82) is 0 Å². The maximum Gasteiger partial charge on any atom is 0.194 e. The number of aldehydes is 1. The second-order valence-corrected chi connectivity index (χ2v) is 4.56. The molecule has 0 fully saturated rings. The third-order valence-electron chi connectivity index (χ3n) is 3.37. The first-order valence-corrected chi connectivity index (χ1v) is 6.38. The summed E-state index contributed by atoms with van der Waals surface area (Å²) in [5.41, 5.74) is 1.49. The van der Waals surface area contributed by atoms with Crippen LogP contribution < -0.4 is 0 Å². The van der Waals surface area contributed by atoms with Crippen LogP contribution in [0, 0.1) is 0 Å². The molecule has 0 saturated heterocycles. The molecule has 96 valence electrons. The number of carbonyl (C=O) groups excluding carboxylic acids is 2. The zero-order chi connectivity index (χ0) is 13.9. The maximum absolute atomic E-state index is 12.7. The van der Waals surface area contributed by atoms with Crippen LogP contribution >= 0.6 is 0 Å². The number of fused-ring (bicyclic) bond motifs is 1. The first-order valence-electron chi connectivity index (χ1n) is 6.38. The number of carbonyl (C=O) groups is 2. The minimum absolute atomic E-state index is 0.121. The van der Waals surface area contributed by atoms with E-state index in [2.05, 4.69) is 0 Å². The molecule has 0 unspecified atom stereocenters. The van der Waals surface area contributed by atoms with Crippen LogP contribution in [0.3, 0.4) is 0 Å². The Morgan fingerprint density at radius 2 is 1.40 bits per heavy atom. The van der Waals surface area contributed by atoms with Gasteiger partial charge in [-0.15, -0.1) is 0 Å². The van der Waals surface area contributed by atoms with Gasteiger partial charge in [-0.25, -0.2) is 0 Å². The normalized spacial score (nSPS) is 10.4. The molecule has 3 aromatic carbocycles. The van der Waals surface area contributed by atoms with Crippen LogP contribution in [0.15, 0.2) is 66.7 Å². The predicted octanol–water partition coefficient (Wildman–Crippen LogP) is 3.88. The number of rotatable bonds is 3. The van der Waals surface area contributed by atoms with E-state index in [4.69, 9.17) is 0 Å². The number of benzene rings is 3. The SMILES string of the molecule is O=Cc1ccccc1C(=O)c1cccc2ccccc12. The molecule has 0 bridgehead atoms. The van der Waals surface area contributed by atoms with E-state index in [0.717, 1.165) is 17.1 Å². The van der Waals surface area contributed by atoms with Crippen molar-refractivity contribution >= 4 is 22.8 Å². The second-order valence-electron chi connectivity index (χ2n) is 4.56. The minimum Gasteiger partial charge on any atom is -0.298 e. The highest BCUT2D eigenvalue weighted by molar-refractivity contribution is 6.18. The van der Waals surface area contributed by atoms with E-state index in [1.807, 2.05) is 36.4 Å². The smallest absolute Gasteiger partial charge is 0.194 e. The van der Waals surface area contributed by atoms with Crippen LogP contribution in [0.25, 0.3) is 10.8 Å². The highest BCUT2D eigenvalue weighted by Crippen LogP contribution is 2.22. The van der Waals surface area contributed by atoms with Crippen molar-refractivity contribution in [3.8, 4) is 0 Å². The van der Waals surface area contributed by atoms with Crippen molar-refractivity contribution in [2.75, 3.05) is 0 Å². The summed E-state index contributed by atoms with van der Waals surface area (Å²) in [5, 5.41) is 1.92. The van der Waals surface area contributed by atoms with E-state index >= 15 is 0 Å². The summed E-state index contributed by atoms with van der Waals surface area (Å²) in [6.07, 6.45) is 0.721. The van der Waals surface area contributed by atoms with Gasteiger partial charge in [0.15, 0.2) is 12.1 Å². The zero-order valence-corrected chi connectivity index (χ0v) is 10.7. The van der Waals surface area contributed by atoms with Crippen LogP contribution in [0.2, 0.25) is 0 Å². The van der Waals surface area contributed by atoms with E-state index in [0.29, 0.717) is 16.7 Å². The molecular formula is C18H12O2. The Kier molecular flexibility index (Phi) is 3.13. The molecule has 0 aliphatic rings. The average molecular weight is 260 g/mol. The van der Waals surface area contributed by atoms with Crippen molar-refractivity contribution in [3.63, 3.8) is 0 Å². The van der Waals surface area contributed by atoms with Gasteiger partial charge in [0.2, 0.25) is 0 Å². The Balaban J connectivity index is 2.21. The largest absolute Gasteiger partial charge is 0.298 e. The summed E-state index contributed by atoms with van der Waals surface area (Å²) >= 11 is 0. The lowest BCUT2D eigenvalue weighted by Gasteiger charge is -2.07. The lowest BCUT2D eigenvalue weighted by molar-refractivity contribution is 0.103. The van der Waals surface area contributed by atoms with Gasteiger partial charge in [-0.1, -0.05) is 66.7 Å². The summed E-state index contributed by atoms with van der Waals surface area (Å²) in [5.74, 6) is -0.121. The van der Waals surface area contributed by atoms with E-state index in [1.165, 1.54) is 0 Å². The third-order valence-corrected chi connectivity index (χ3v) is 3.37. The molecule has 3 rings (SSSR count). The van der Waals surface area contributed by atoms with Crippen LogP contribution in [0.4, 0.5) is 0 Å². The van der Waals surface area contributed by atoms with Gasteiger partial charge in [-0.05, 0) is 10.8 Å².